The summed E-state index contributed by atoms with van der Waals surface area (Å²) in [6.45, 7) is 6.54. The Morgan fingerprint density at radius 3 is 2.21 bits per heavy atom. The number of aliphatic imine (C=N–C) groups is 1. The average Bonchev–Trinajstić information content (AvgIpc) is 2.84. The fraction of sp³-hybridized carbons (Fsp3) is 0.480. The summed E-state index contributed by atoms with van der Waals surface area (Å²) in [6, 6.07) is 14.8. The molecule has 1 aliphatic heterocycles. The van der Waals surface area contributed by atoms with E-state index in [-0.39, 0.29) is 24.0 Å². The molecule has 0 aliphatic carbocycles. The minimum absolute atomic E-state index is 0. The summed E-state index contributed by atoms with van der Waals surface area (Å²) >= 11 is 0. The lowest BCUT2D eigenvalue weighted by molar-refractivity contribution is 0.198. The third-order valence-electron chi connectivity index (χ3n) is 5.72. The highest BCUT2D eigenvalue weighted by Crippen LogP contribution is 2.34. The number of ether oxygens (including phenoxy) is 3. The van der Waals surface area contributed by atoms with Gasteiger partial charge in [0.15, 0.2) is 17.5 Å². The predicted molar refractivity (Wildman–Crippen MR) is 144 cm³/mol. The highest BCUT2D eigenvalue weighted by atomic mass is 127. The number of likely N-dealkylation sites (tertiary alicyclic amines) is 1. The van der Waals surface area contributed by atoms with Gasteiger partial charge in [-0.05, 0) is 31.4 Å². The number of piperidine rings is 1. The van der Waals surface area contributed by atoms with E-state index in [1.54, 1.807) is 21.3 Å². The van der Waals surface area contributed by atoms with Gasteiger partial charge in [0, 0.05) is 43.9 Å². The lowest BCUT2D eigenvalue weighted by Crippen LogP contribution is -2.48. The van der Waals surface area contributed by atoms with Crippen molar-refractivity contribution in [3.63, 3.8) is 0 Å². The van der Waals surface area contributed by atoms with Crippen molar-refractivity contribution in [2.45, 2.75) is 38.9 Å². The van der Waals surface area contributed by atoms with Crippen molar-refractivity contribution in [1.29, 1.82) is 0 Å². The summed E-state index contributed by atoms with van der Waals surface area (Å²) in [6.07, 6.45) is 2.19. The van der Waals surface area contributed by atoms with Gasteiger partial charge < -0.3 is 24.8 Å². The van der Waals surface area contributed by atoms with Crippen LogP contribution < -0.4 is 24.8 Å². The largest absolute Gasteiger partial charge is 0.496 e. The van der Waals surface area contributed by atoms with E-state index in [2.05, 4.69) is 52.8 Å². The lowest BCUT2D eigenvalue weighted by Gasteiger charge is -2.33. The van der Waals surface area contributed by atoms with Gasteiger partial charge in [-0.15, -0.1) is 24.0 Å². The van der Waals surface area contributed by atoms with Crippen molar-refractivity contribution in [3.8, 4) is 17.2 Å². The Morgan fingerprint density at radius 1 is 0.970 bits per heavy atom. The van der Waals surface area contributed by atoms with E-state index >= 15 is 0 Å². The first kappa shape index (κ1) is 27.0. The van der Waals surface area contributed by atoms with Gasteiger partial charge in [0.2, 0.25) is 0 Å². The molecule has 2 N–H and O–H groups in total. The predicted octanol–water partition coefficient (Wildman–Crippen LogP) is 4.05. The molecular weight excluding hydrogens is 531 g/mol. The standard InChI is InChI=1S/C25H36N4O3.HI/c1-5-26-25(27-17-20-15-23(31-3)24(32-4)16-22(20)30-2)28-21-11-13-29(14-12-21)18-19-9-7-6-8-10-19;/h6-10,15-16,21H,5,11-14,17-18H2,1-4H3,(H2,26,27,28);1H. The Morgan fingerprint density at radius 2 is 1.61 bits per heavy atom. The number of nitrogens with zero attached hydrogens (tertiary/aromatic N) is 2. The third-order valence-corrected chi connectivity index (χ3v) is 5.72. The summed E-state index contributed by atoms with van der Waals surface area (Å²) < 4.78 is 16.4. The topological polar surface area (TPSA) is 67.4 Å². The molecule has 3 rings (SSSR count). The van der Waals surface area contributed by atoms with E-state index in [9.17, 15) is 0 Å². The van der Waals surface area contributed by atoms with Gasteiger partial charge in [0.05, 0.1) is 27.9 Å². The van der Waals surface area contributed by atoms with Crippen LogP contribution in [0.15, 0.2) is 47.5 Å². The van der Waals surface area contributed by atoms with E-state index < -0.39 is 0 Å². The maximum atomic E-state index is 5.54. The van der Waals surface area contributed by atoms with Crippen LogP contribution in [-0.4, -0.2) is 57.9 Å². The number of halogens is 1. The van der Waals surface area contributed by atoms with E-state index in [1.807, 2.05) is 12.1 Å². The number of guanidine groups is 1. The number of nitrogens with one attached hydrogen (secondary N) is 2. The quantitative estimate of drug-likeness (QED) is 0.271. The monoisotopic (exact) mass is 568 g/mol. The van der Waals surface area contributed by atoms with Gasteiger partial charge in [0.25, 0.3) is 0 Å². The SMILES string of the molecule is CCNC(=NCc1cc(OC)c(OC)cc1OC)NC1CCN(Cc2ccccc2)CC1.I. The fourth-order valence-electron chi connectivity index (χ4n) is 3.97. The maximum absolute atomic E-state index is 5.54. The fourth-order valence-corrected chi connectivity index (χ4v) is 3.97. The third kappa shape index (κ3) is 7.96. The Balaban J connectivity index is 0.00000385. The summed E-state index contributed by atoms with van der Waals surface area (Å²) in [5.41, 5.74) is 2.32. The molecule has 8 heteroatoms. The molecule has 0 spiro atoms. The summed E-state index contributed by atoms with van der Waals surface area (Å²) in [7, 11) is 4.90. The summed E-state index contributed by atoms with van der Waals surface area (Å²) in [4.78, 5) is 7.33. The molecule has 7 nitrogen and oxygen atoms in total. The first-order valence-electron chi connectivity index (χ1n) is 11.3. The molecular formula is C25H37IN4O3. The molecule has 2 aromatic carbocycles. The van der Waals surface area contributed by atoms with Crippen LogP contribution in [0.4, 0.5) is 0 Å². The van der Waals surface area contributed by atoms with Gasteiger partial charge >= 0.3 is 0 Å². The van der Waals surface area contributed by atoms with Crippen molar-refractivity contribution in [2.75, 3.05) is 41.0 Å². The molecule has 1 aliphatic rings. The molecule has 0 bridgehead atoms. The van der Waals surface area contributed by atoms with Gasteiger partial charge in [-0.3, -0.25) is 4.90 Å². The second-order valence-corrected chi connectivity index (χ2v) is 7.89. The molecule has 0 radical (unpaired) electrons. The zero-order valence-corrected chi connectivity index (χ0v) is 22.4. The van der Waals surface area contributed by atoms with E-state index in [4.69, 9.17) is 19.2 Å². The molecule has 0 amide bonds. The van der Waals surface area contributed by atoms with Crippen LogP contribution in [0, 0.1) is 0 Å². The first-order valence-corrected chi connectivity index (χ1v) is 11.3. The Hall–Kier alpha value is -2.20. The van der Waals surface area contributed by atoms with Crippen LogP contribution in [0.5, 0.6) is 17.2 Å². The maximum Gasteiger partial charge on any atom is 0.191 e. The molecule has 2 aromatic rings. The summed E-state index contributed by atoms with van der Waals surface area (Å²) in [5, 5.41) is 6.98. The highest BCUT2D eigenvalue weighted by Gasteiger charge is 2.20. The first-order chi connectivity index (χ1) is 15.7. The van der Waals surface area contributed by atoms with Gasteiger partial charge in [-0.2, -0.15) is 0 Å². The van der Waals surface area contributed by atoms with Crippen molar-refractivity contribution in [3.05, 3.63) is 53.6 Å². The van der Waals surface area contributed by atoms with Gasteiger partial charge in [-0.1, -0.05) is 30.3 Å². The second-order valence-electron chi connectivity index (χ2n) is 7.89. The number of rotatable bonds is 9. The van der Waals surface area contributed by atoms with E-state index in [1.165, 1.54) is 5.56 Å². The molecule has 1 saturated heterocycles. The van der Waals surface area contributed by atoms with Crippen LogP contribution in [-0.2, 0) is 13.1 Å². The molecule has 0 unspecified atom stereocenters. The van der Waals surface area contributed by atoms with Crippen LogP contribution in [0.3, 0.4) is 0 Å². The molecule has 0 atom stereocenters. The zero-order chi connectivity index (χ0) is 22.8. The molecule has 1 heterocycles. The second kappa shape index (κ2) is 14.1. The Labute approximate surface area is 214 Å². The number of hydrogen-bond donors (Lipinski definition) is 2. The number of methoxy groups -OCH3 is 3. The average molecular weight is 569 g/mol. The Bertz CT molecular complexity index is 871. The number of hydrogen-bond acceptors (Lipinski definition) is 5. The van der Waals surface area contributed by atoms with Crippen molar-refractivity contribution >= 4 is 29.9 Å². The molecule has 0 saturated carbocycles. The zero-order valence-electron chi connectivity index (χ0n) is 20.1. The highest BCUT2D eigenvalue weighted by molar-refractivity contribution is 14.0. The Kier molecular flexibility index (Phi) is 11.6. The van der Waals surface area contributed by atoms with Gasteiger partial charge in [0.1, 0.15) is 5.75 Å². The molecule has 33 heavy (non-hydrogen) atoms. The molecule has 0 aromatic heterocycles. The van der Waals surface area contributed by atoms with Crippen molar-refractivity contribution in [1.82, 2.24) is 15.5 Å². The minimum atomic E-state index is 0. The normalized spacial score (nSPS) is 14.8. The van der Waals surface area contributed by atoms with Crippen molar-refractivity contribution in [2.24, 2.45) is 4.99 Å². The van der Waals surface area contributed by atoms with Gasteiger partial charge in [-0.25, -0.2) is 4.99 Å². The van der Waals surface area contributed by atoms with Crippen molar-refractivity contribution < 1.29 is 14.2 Å². The van der Waals surface area contributed by atoms with Crippen LogP contribution in [0.25, 0.3) is 0 Å². The smallest absolute Gasteiger partial charge is 0.191 e. The van der Waals surface area contributed by atoms with Crippen LogP contribution in [0.1, 0.15) is 30.9 Å². The molecule has 182 valence electrons. The van der Waals surface area contributed by atoms with E-state index in [0.717, 1.165) is 56.3 Å². The van der Waals surface area contributed by atoms with E-state index in [0.29, 0.717) is 24.1 Å². The van der Waals surface area contributed by atoms with Crippen LogP contribution >= 0.6 is 24.0 Å². The number of benzene rings is 2. The minimum Gasteiger partial charge on any atom is -0.496 e. The molecule has 1 fully saturated rings. The summed E-state index contributed by atoms with van der Waals surface area (Å²) in [5.74, 6) is 2.87. The van der Waals surface area contributed by atoms with Crippen LogP contribution in [0.2, 0.25) is 0 Å². The lowest BCUT2D eigenvalue weighted by atomic mass is 10.0.